The molecular weight excluding hydrogens is 448 g/mol. The lowest BCUT2D eigenvalue weighted by Gasteiger charge is -2.25. The highest BCUT2D eigenvalue weighted by molar-refractivity contribution is 7.80. The topological polar surface area (TPSA) is 85.9 Å². The fourth-order valence-electron chi connectivity index (χ4n) is 3.08. The van der Waals surface area contributed by atoms with Gasteiger partial charge in [-0.25, -0.2) is 4.79 Å². The molecule has 9 heteroatoms. The van der Waals surface area contributed by atoms with Crippen molar-refractivity contribution in [1.82, 2.24) is 5.32 Å². The second-order valence-electron chi connectivity index (χ2n) is 6.75. The predicted molar refractivity (Wildman–Crippen MR) is 126 cm³/mol. The molecule has 2 heterocycles. The molecule has 3 aromatic rings. The van der Waals surface area contributed by atoms with E-state index in [1.54, 1.807) is 37.3 Å². The number of hydrogen-bond acceptors (Lipinski definition) is 7. The van der Waals surface area contributed by atoms with Crippen LogP contribution in [0.3, 0.4) is 0 Å². The van der Waals surface area contributed by atoms with E-state index in [1.165, 1.54) is 11.3 Å². The van der Waals surface area contributed by atoms with Crippen LogP contribution >= 0.6 is 23.6 Å². The zero-order chi connectivity index (χ0) is 22.5. The van der Waals surface area contributed by atoms with Gasteiger partial charge < -0.3 is 19.5 Å². The van der Waals surface area contributed by atoms with Gasteiger partial charge in [-0.15, -0.1) is 11.3 Å². The Balaban J connectivity index is 1.53. The molecule has 4 rings (SSSR count). The second kappa shape index (κ2) is 9.80. The molecular formula is C23H20N2O5S2. The number of esters is 1. The van der Waals surface area contributed by atoms with E-state index in [2.05, 4.69) is 10.6 Å². The smallest absolute Gasteiger partial charge is 0.341 e. The molecule has 0 saturated heterocycles. The maximum atomic E-state index is 12.5. The molecule has 1 amide bonds. The van der Waals surface area contributed by atoms with Crippen molar-refractivity contribution in [3.05, 3.63) is 76.7 Å². The van der Waals surface area contributed by atoms with Gasteiger partial charge >= 0.3 is 5.97 Å². The monoisotopic (exact) mass is 468 g/mol. The molecule has 1 aliphatic heterocycles. The normalized spacial score (nSPS) is 14.3. The number of ether oxygens (including phenoxy) is 3. The summed E-state index contributed by atoms with van der Waals surface area (Å²) in [5.74, 6) is 0.467. The number of amides is 1. The van der Waals surface area contributed by atoms with Crippen molar-refractivity contribution >= 4 is 45.5 Å². The minimum atomic E-state index is -0.494. The van der Waals surface area contributed by atoms with Crippen molar-refractivity contribution < 1.29 is 23.8 Å². The molecule has 0 saturated carbocycles. The first kappa shape index (κ1) is 21.8. The number of hydrogen-bond donors (Lipinski definition) is 2. The molecule has 0 unspecified atom stereocenters. The summed E-state index contributed by atoms with van der Waals surface area (Å²) in [5, 5.41) is 6.11. The zero-order valence-corrected chi connectivity index (χ0v) is 18.8. The van der Waals surface area contributed by atoms with Crippen LogP contribution in [0.2, 0.25) is 0 Å². The summed E-state index contributed by atoms with van der Waals surface area (Å²) >= 11 is 6.59. The highest BCUT2D eigenvalue weighted by Crippen LogP contribution is 2.40. The average molecular weight is 469 g/mol. The van der Waals surface area contributed by atoms with E-state index in [4.69, 9.17) is 26.4 Å². The van der Waals surface area contributed by atoms with Crippen molar-refractivity contribution in [3.8, 4) is 11.5 Å². The van der Waals surface area contributed by atoms with Gasteiger partial charge in [0.15, 0.2) is 22.7 Å². The molecule has 0 radical (unpaired) electrons. The molecule has 7 nitrogen and oxygen atoms in total. The average Bonchev–Trinajstić information content (AvgIpc) is 3.23. The van der Waals surface area contributed by atoms with Crippen molar-refractivity contribution in [2.24, 2.45) is 0 Å². The van der Waals surface area contributed by atoms with Crippen LogP contribution in [-0.2, 0) is 4.74 Å². The number of anilines is 1. The van der Waals surface area contributed by atoms with E-state index in [0.29, 0.717) is 34.2 Å². The van der Waals surface area contributed by atoms with Crippen LogP contribution in [0.15, 0.2) is 60.7 Å². The van der Waals surface area contributed by atoms with Crippen LogP contribution in [0.25, 0.3) is 0 Å². The first-order valence-corrected chi connectivity index (χ1v) is 11.1. The number of fused-ring (bicyclic) bond motifs is 1. The number of rotatable bonds is 5. The maximum Gasteiger partial charge on any atom is 0.341 e. The third-order valence-corrected chi connectivity index (χ3v) is 5.91. The molecule has 1 atom stereocenters. The summed E-state index contributed by atoms with van der Waals surface area (Å²) in [6, 6.07) is 17.8. The highest BCUT2D eigenvalue weighted by Gasteiger charge is 2.27. The number of thiocarbonyl (C=S) groups is 1. The Morgan fingerprint density at radius 1 is 1.12 bits per heavy atom. The van der Waals surface area contributed by atoms with E-state index < -0.39 is 12.1 Å². The molecule has 2 N–H and O–H groups in total. The molecule has 1 aromatic heterocycles. The third kappa shape index (κ3) is 4.90. The first-order valence-electron chi connectivity index (χ1n) is 9.92. The standard InChI is InChI=1S/C23H20N2O5S2/c1-2-28-22(27)15-12-19(18-13-29-16-10-6-7-11-17(16)30-18)32-21(15)25-23(31)24-20(26)14-8-4-3-5-9-14/h3-12,18H,2,13H2,1H3,(H2,24,25,26,31)/t18-/m0/s1. The van der Waals surface area contributed by atoms with Gasteiger partial charge in [-0.05, 0) is 49.5 Å². The van der Waals surface area contributed by atoms with Gasteiger partial charge in [0.1, 0.15) is 11.6 Å². The van der Waals surface area contributed by atoms with E-state index in [9.17, 15) is 9.59 Å². The fraction of sp³-hybridized carbons (Fsp3) is 0.174. The van der Waals surface area contributed by atoms with Crippen LogP contribution in [0.5, 0.6) is 11.5 Å². The van der Waals surface area contributed by atoms with Gasteiger partial charge in [0, 0.05) is 5.56 Å². The Kier molecular flexibility index (Phi) is 6.67. The summed E-state index contributed by atoms with van der Waals surface area (Å²) in [5.41, 5.74) is 0.783. The lowest BCUT2D eigenvalue weighted by Crippen LogP contribution is -2.34. The van der Waals surface area contributed by atoms with Crippen LogP contribution in [0, 0.1) is 0 Å². The predicted octanol–water partition coefficient (Wildman–Crippen LogP) is 4.56. The molecule has 2 aromatic carbocycles. The summed E-state index contributed by atoms with van der Waals surface area (Å²) in [6.45, 7) is 2.27. The Morgan fingerprint density at radius 3 is 2.59 bits per heavy atom. The Hall–Kier alpha value is -3.43. The highest BCUT2D eigenvalue weighted by atomic mass is 32.1. The quantitative estimate of drug-likeness (QED) is 0.419. The largest absolute Gasteiger partial charge is 0.485 e. The molecule has 0 aliphatic carbocycles. The van der Waals surface area contributed by atoms with Gasteiger partial charge in [-0.3, -0.25) is 10.1 Å². The second-order valence-corrected chi connectivity index (χ2v) is 8.24. The lowest BCUT2D eigenvalue weighted by molar-refractivity contribution is 0.0527. The zero-order valence-electron chi connectivity index (χ0n) is 17.1. The molecule has 32 heavy (non-hydrogen) atoms. The number of carbonyl (C=O) groups excluding carboxylic acids is 2. The maximum absolute atomic E-state index is 12.5. The van der Waals surface area contributed by atoms with Crippen LogP contribution in [0.4, 0.5) is 5.00 Å². The van der Waals surface area contributed by atoms with Gasteiger partial charge in [0.2, 0.25) is 0 Å². The summed E-state index contributed by atoms with van der Waals surface area (Å²) in [4.78, 5) is 25.7. The number of benzene rings is 2. The van der Waals surface area contributed by atoms with Crippen molar-refractivity contribution in [3.63, 3.8) is 0 Å². The Morgan fingerprint density at radius 2 is 1.84 bits per heavy atom. The number of thiophene rings is 1. The van der Waals surface area contributed by atoms with Crippen molar-refractivity contribution in [1.29, 1.82) is 0 Å². The van der Waals surface area contributed by atoms with Crippen molar-refractivity contribution in [2.75, 3.05) is 18.5 Å². The van der Waals surface area contributed by atoms with E-state index in [1.807, 2.05) is 30.3 Å². The summed E-state index contributed by atoms with van der Waals surface area (Å²) < 4.78 is 17.0. The van der Waals surface area contributed by atoms with Crippen LogP contribution < -0.4 is 20.1 Å². The van der Waals surface area contributed by atoms with E-state index >= 15 is 0 Å². The minimum absolute atomic E-state index is 0.0731. The SMILES string of the molecule is CCOC(=O)c1cc([C@@H]2COc3ccccc3O2)sc1NC(=S)NC(=O)c1ccccc1. The van der Waals surface area contributed by atoms with Gasteiger partial charge in [-0.1, -0.05) is 30.3 Å². The summed E-state index contributed by atoms with van der Waals surface area (Å²) in [7, 11) is 0. The third-order valence-electron chi connectivity index (χ3n) is 4.56. The lowest BCUT2D eigenvalue weighted by atomic mass is 10.2. The number of para-hydroxylation sites is 2. The number of nitrogens with one attached hydrogen (secondary N) is 2. The molecule has 0 fully saturated rings. The Labute approximate surface area is 194 Å². The fourth-order valence-corrected chi connectivity index (χ4v) is 4.41. The first-order chi connectivity index (χ1) is 15.5. The minimum Gasteiger partial charge on any atom is -0.485 e. The summed E-state index contributed by atoms with van der Waals surface area (Å²) in [6.07, 6.45) is -0.397. The van der Waals surface area contributed by atoms with Crippen LogP contribution in [-0.4, -0.2) is 30.2 Å². The molecule has 1 aliphatic rings. The Bertz CT molecular complexity index is 1150. The number of carbonyl (C=O) groups is 2. The van der Waals surface area contributed by atoms with Gasteiger partial charge in [0.05, 0.1) is 17.0 Å². The van der Waals surface area contributed by atoms with Gasteiger partial charge in [0.25, 0.3) is 5.91 Å². The van der Waals surface area contributed by atoms with E-state index in [0.717, 1.165) is 4.88 Å². The molecule has 0 bridgehead atoms. The molecule has 164 valence electrons. The van der Waals surface area contributed by atoms with Crippen LogP contribution in [0.1, 0.15) is 38.6 Å². The van der Waals surface area contributed by atoms with E-state index in [-0.39, 0.29) is 17.6 Å². The van der Waals surface area contributed by atoms with Crippen molar-refractivity contribution in [2.45, 2.75) is 13.0 Å². The van der Waals surface area contributed by atoms with Gasteiger partial charge in [-0.2, -0.15) is 0 Å². The molecule has 0 spiro atoms.